The van der Waals surface area contributed by atoms with Crippen LogP contribution in [0.2, 0.25) is 0 Å². The van der Waals surface area contributed by atoms with E-state index in [0.717, 1.165) is 29.5 Å². The van der Waals surface area contributed by atoms with Crippen LogP contribution < -0.4 is 5.56 Å². The van der Waals surface area contributed by atoms with Crippen LogP contribution in [0.5, 0.6) is 0 Å². The Balaban J connectivity index is 2.56. The molecule has 2 heterocycles. The molecule has 0 aromatic carbocycles. The summed E-state index contributed by atoms with van der Waals surface area (Å²) in [6, 6.07) is 1.86. The largest absolute Gasteiger partial charge is 0.460 e. The maximum absolute atomic E-state index is 11.8. The van der Waals surface area contributed by atoms with Gasteiger partial charge in [-0.3, -0.25) is 4.79 Å². The van der Waals surface area contributed by atoms with Crippen molar-refractivity contribution in [3.63, 3.8) is 0 Å². The fourth-order valence-corrected chi connectivity index (χ4v) is 2.33. The molecule has 0 saturated heterocycles. The van der Waals surface area contributed by atoms with E-state index < -0.39 is 0 Å². The Hall–Kier alpha value is -1.03. The average Bonchev–Trinajstić information content (AvgIpc) is 2.68. The van der Waals surface area contributed by atoms with Gasteiger partial charge >= 0.3 is 0 Å². The van der Waals surface area contributed by atoms with Crippen molar-refractivity contribution < 1.29 is 4.42 Å². The molecule has 0 amide bonds. The number of nitrogens with zero attached hydrogens (tertiary/aromatic N) is 1. The van der Waals surface area contributed by atoms with Gasteiger partial charge in [0.1, 0.15) is 5.76 Å². The molecular weight excluding hydrogens is 270 g/mol. The van der Waals surface area contributed by atoms with Crippen molar-refractivity contribution >= 4 is 26.9 Å². The highest BCUT2D eigenvalue weighted by Gasteiger charge is 2.11. The molecule has 2 rings (SSSR count). The van der Waals surface area contributed by atoms with E-state index in [9.17, 15) is 4.79 Å². The first kappa shape index (κ1) is 11.5. The van der Waals surface area contributed by atoms with Crippen LogP contribution in [0.25, 0.3) is 11.0 Å². The van der Waals surface area contributed by atoms with Crippen LogP contribution in [0, 0.1) is 0 Å². The third-order valence-electron chi connectivity index (χ3n) is 2.63. The summed E-state index contributed by atoms with van der Waals surface area (Å²) in [7, 11) is 1.74. The molecule has 0 saturated carbocycles. The van der Waals surface area contributed by atoms with Gasteiger partial charge in [-0.2, -0.15) is 0 Å². The summed E-state index contributed by atoms with van der Waals surface area (Å²) < 4.78 is 8.06. The van der Waals surface area contributed by atoms with Crippen LogP contribution in [0.15, 0.2) is 25.9 Å². The summed E-state index contributed by atoms with van der Waals surface area (Å²) in [6.45, 7) is 2.14. The predicted octanol–water partition coefficient (Wildman–Crippen LogP) is 3.24. The number of rotatable bonds is 3. The molecule has 2 aromatic heterocycles. The molecule has 3 nitrogen and oxygen atoms in total. The number of unbranched alkanes of at least 4 members (excludes halogenated alkanes) is 1. The van der Waals surface area contributed by atoms with Crippen molar-refractivity contribution in [1.82, 2.24) is 4.57 Å². The number of hydrogen-bond acceptors (Lipinski definition) is 2. The maximum atomic E-state index is 11.8. The van der Waals surface area contributed by atoms with Gasteiger partial charge in [-0.15, -0.1) is 0 Å². The minimum Gasteiger partial charge on any atom is -0.460 e. The minimum absolute atomic E-state index is 0.00954. The Morgan fingerprint density at radius 2 is 2.25 bits per heavy atom. The summed E-state index contributed by atoms with van der Waals surface area (Å²) >= 11 is 3.41. The SMILES string of the molecule is CCCCc1cc2c(=O)n(C)cc(Br)c2o1. The smallest absolute Gasteiger partial charge is 0.261 e. The Kier molecular flexibility index (Phi) is 3.19. The van der Waals surface area contributed by atoms with E-state index in [4.69, 9.17) is 4.42 Å². The van der Waals surface area contributed by atoms with E-state index in [2.05, 4.69) is 22.9 Å². The molecule has 0 atom stereocenters. The molecule has 86 valence electrons. The second-order valence-corrected chi connectivity index (χ2v) is 4.81. The van der Waals surface area contributed by atoms with Crippen LogP contribution in [-0.4, -0.2) is 4.57 Å². The Morgan fingerprint density at radius 1 is 1.50 bits per heavy atom. The maximum Gasteiger partial charge on any atom is 0.261 e. The predicted molar refractivity (Wildman–Crippen MR) is 67.8 cm³/mol. The molecule has 0 N–H and O–H groups in total. The van der Waals surface area contributed by atoms with Gasteiger partial charge in [-0.05, 0) is 28.4 Å². The number of fused-ring (bicyclic) bond motifs is 1. The molecule has 0 aliphatic heterocycles. The van der Waals surface area contributed by atoms with Crippen molar-refractivity contribution in [3.8, 4) is 0 Å². The molecular formula is C12H14BrNO2. The van der Waals surface area contributed by atoms with Crippen molar-refractivity contribution in [3.05, 3.63) is 32.8 Å². The zero-order valence-corrected chi connectivity index (χ0v) is 11.0. The van der Waals surface area contributed by atoms with Gasteiger partial charge in [0.25, 0.3) is 5.56 Å². The quantitative estimate of drug-likeness (QED) is 0.867. The first-order valence-electron chi connectivity index (χ1n) is 5.41. The van der Waals surface area contributed by atoms with Crippen LogP contribution in [0.1, 0.15) is 25.5 Å². The fraction of sp³-hybridized carbons (Fsp3) is 0.417. The Bertz CT molecular complexity index is 568. The highest BCUT2D eigenvalue weighted by atomic mass is 79.9. The molecule has 0 fully saturated rings. The number of halogens is 1. The summed E-state index contributed by atoms with van der Waals surface area (Å²) in [4.78, 5) is 11.8. The molecule has 2 aromatic rings. The van der Waals surface area contributed by atoms with Crippen molar-refractivity contribution in [2.45, 2.75) is 26.2 Å². The Labute approximate surface area is 102 Å². The summed E-state index contributed by atoms with van der Waals surface area (Å²) in [5.41, 5.74) is 0.652. The highest BCUT2D eigenvalue weighted by Crippen LogP contribution is 2.25. The summed E-state index contributed by atoms with van der Waals surface area (Å²) in [6.07, 6.45) is 4.83. The standard InChI is InChI=1S/C12H14BrNO2/c1-3-4-5-8-6-9-11(16-8)10(13)7-14(2)12(9)15/h6-7H,3-5H2,1-2H3. The number of furan rings is 1. The second kappa shape index (κ2) is 4.45. The first-order chi connectivity index (χ1) is 7.63. The summed E-state index contributed by atoms with van der Waals surface area (Å²) in [5, 5.41) is 0.656. The van der Waals surface area contributed by atoms with E-state index in [1.807, 2.05) is 6.07 Å². The van der Waals surface area contributed by atoms with Crippen LogP contribution >= 0.6 is 15.9 Å². The number of hydrogen-bond donors (Lipinski definition) is 0. The van der Waals surface area contributed by atoms with Crippen molar-refractivity contribution in [2.24, 2.45) is 7.05 Å². The van der Waals surface area contributed by atoms with Crippen LogP contribution in [-0.2, 0) is 13.5 Å². The first-order valence-corrected chi connectivity index (χ1v) is 6.20. The zero-order valence-electron chi connectivity index (χ0n) is 9.42. The lowest BCUT2D eigenvalue weighted by atomic mass is 10.2. The number of aromatic nitrogens is 1. The fourth-order valence-electron chi connectivity index (χ4n) is 1.73. The van der Waals surface area contributed by atoms with E-state index >= 15 is 0 Å². The lowest BCUT2D eigenvalue weighted by Crippen LogP contribution is -2.15. The van der Waals surface area contributed by atoms with Gasteiger partial charge < -0.3 is 8.98 Å². The van der Waals surface area contributed by atoms with E-state index in [1.54, 1.807) is 17.8 Å². The molecule has 0 aliphatic carbocycles. The molecule has 0 aliphatic rings. The lowest BCUT2D eigenvalue weighted by molar-refractivity contribution is 0.535. The molecule has 4 heteroatoms. The third kappa shape index (κ3) is 1.94. The van der Waals surface area contributed by atoms with Crippen molar-refractivity contribution in [1.29, 1.82) is 0 Å². The van der Waals surface area contributed by atoms with Gasteiger partial charge in [0.15, 0.2) is 5.58 Å². The monoisotopic (exact) mass is 283 g/mol. The second-order valence-electron chi connectivity index (χ2n) is 3.95. The minimum atomic E-state index is -0.00954. The lowest BCUT2D eigenvalue weighted by Gasteiger charge is -1.97. The van der Waals surface area contributed by atoms with E-state index in [-0.39, 0.29) is 5.56 Å². The average molecular weight is 284 g/mol. The molecule has 0 unspecified atom stereocenters. The Morgan fingerprint density at radius 3 is 2.94 bits per heavy atom. The van der Waals surface area contributed by atoms with Crippen molar-refractivity contribution in [2.75, 3.05) is 0 Å². The number of pyridine rings is 1. The van der Waals surface area contributed by atoms with Gasteiger partial charge in [0, 0.05) is 19.7 Å². The van der Waals surface area contributed by atoms with Gasteiger partial charge in [-0.1, -0.05) is 13.3 Å². The van der Waals surface area contributed by atoms with E-state index in [0.29, 0.717) is 11.0 Å². The molecule has 0 bridgehead atoms. The van der Waals surface area contributed by atoms with E-state index in [1.165, 1.54) is 0 Å². The highest BCUT2D eigenvalue weighted by molar-refractivity contribution is 9.10. The third-order valence-corrected chi connectivity index (χ3v) is 3.20. The molecule has 16 heavy (non-hydrogen) atoms. The van der Waals surface area contributed by atoms with Gasteiger partial charge in [-0.25, -0.2) is 0 Å². The van der Waals surface area contributed by atoms with Gasteiger partial charge in [0.2, 0.25) is 0 Å². The van der Waals surface area contributed by atoms with Crippen LogP contribution in [0.3, 0.4) is 0 Å². The normalized spacial score (nSPS) is 11.2. The zero-order chi connectivity index (χ0) is 11.7. The van der Waals surface area contributed by atoms with Crippen LogP contribution in [0.4, 0.5) is 0 Å². The molecule has 0 radical (unpaired) electrons. The van der Waals surface area contributed by atoms with Gasteiger partial charge in [0.05, 0.1) is 9.86 Å². The topological polar surface area (TPSA) is 35.1 Å². The summed E-state index contributed by atoms with van der Waals surface area (Å²) in [5.74, 6) is 0.890. The number of aryl methyl sites for hydroxylation is 2. The molecule has 0 spiro atoms.